The van der Waals surface area contributed by atoms with E-state index < -0.39 is 0 Å². The highest BCUT2D eigenvalue weighted by Gasteiger charge is 2.24. The monoisotopic (exact) mass is 323 g/mol. The van der Waals surface area contributed by atoms with Crippen LogP contribution in [0.4, 0.5) is 5.69 Å². The van der Waals surface area contributed by atoms with Crippen molar-refractivity contribution in [1.29, 1.82) is 0 Å². The van der Waals surface area contributed by atoms with Gasteiger partial charge in [-0.2, -0.15) is 0 Å². The minimum atomic E-state index is 0.0753. The van der Waals surface area contributed by atoms with Gasteiger partial charge in [-0.3, -0.25) is 4.79 Å². The molecule has 1 aromatic carbocycles. The molecule has 2 aliphatic heterocycles. The summed E-state index contributed by atoms with van der Waals surface area (Å²) in [6.45, 7) is 14.9. The first-order valence-electron chi connectivity index (χ1n) is 8.46. The van der Waals surface area contributed by atoms with Crippen LogP contribution in [0.25, 0.3) is 0 Å². The Morgan fingerprint density at radius 2 is 1.71 bits per heavy atom. The van der Waals surface area contributed by atoms with Crippen LogP contribution in [0, 0.1) is 6.92 Å². The number of aryl methyl sites for hydroxylation is 1. The number of hydrogen-bond donors (Lipinski definition) is 1. The zero-order valence-electron chi connectivity index (χ0n) is 14.3. The van der Waals surface area contributed by atoms with Gasteiger partial charge in [0, 0.05) is 50.5 Å². The molecule has 0 atom stereocenters. The molecule has 0 aromatic heterocycles. The number of anilines is 1. The van der Waals surface area contributed by atoms with Gasteiger partial charge in [0.25, 0.3) is 5.91 Å². The molecular weight excluding hydrogens is 298 g/mol. The summed E-state index contributed by atoms with van der Waals surface area (Å²) in [5.41, 5.74) is 5.20. The lowest BCUT2D eigenvalue weighted by atomic mass is 10.1. The predicted octanol–water partition coefficient (Wildman–Crippen LogP) is 2.53. The number of carbonyl (C=O) groups is 1. The van der Waals surface area contributed by atoms with Crippen LogP contribution < -0.4 is 10.2 Å². The maximum Gasteiger partial charge on any atom is 0.254 e. The first-order chi connectivity index (χ1) is 11.6. The Balaban J connectivity index is 1.82. The van der Waals surface area contributed by atoms with E-state index in [1.807, 2.05) is 29.2 Å². The molecule has 4 nitrogen and oxygen atoms in total. The van der Waals surface area contributed by atoms with Gasteiger partial charge in [0.15, 0.2) is 0 Å². The summed E-state index contributed by atoms with van der Waals surface area (Å²) < 4.78 is 0. The molecule has 3 rings (SSSR count). The van der Waals surface area contributed by atoms with Crippen LogP contribution in [0.3, 0.4) is 0 Å². The van der Waals surface area contributed by atoms with E-state index in [0.29, 0.717) is 13.1 Å². The van der Waals surface area contributed by atoms with Crippen molar-refractivity contribution in [2.45, 2.75) is 6.92 Å². The number of piperazine rings is 1. The summed E-state index contributed by atoms with van der Waals surface area (Å²) in [6.07, 6.45) is 3.65. The SMILES string of the molecule is C=CC1=C(C=C)CN(C(=O)c2cc(C)cc(N3CCNCC3)c2)C1. The molecule has 126 valence electrons. The van der Waals surface area contributed by atoms with Crippen LogP contribution in [-0.2, 0) is 0 Å². The molecule has 1 fully saturated rings. The highest BCUT2D eigenvalue weighted by molar-refractivity contribution is 5.96. The fourth-order valence-corrected chi connectivity index (χ4v) is 3.38. The molecule has 1 saturated heterocycles. The van der Waals surface area contributed by atoms with Gasteiger partial charge >= 0.3 is 0 Å². The Hall–Kier alpha value is -2.33. The number of rotatable bonds is 4. The van der Waals surface area contributed by atoms with Gasteiger partial charge in [0.1, 0.15) is 0 Å². The highest BCUT2D eigenvalue weighted by atomic mass is 16.2. The van der Waals surface area contributed by atoms with Gasteiger partial charge in [0.05, 0.1) is 0 Å². The first-order valence-corrected chi connectivity index (χ1v) is 8.46. The quantitative estimate of drug-likeness (QED) is 0.925. The molecule has 0 radical (unpaired) electrons. The third kappa shape index (κ3) is 3.29. The van der Waals surface area contributed by atoms with E-state index in [4.69, 9.17) is 0 Å². The molecule has 2 heterocycles. The standard InChI is InChI=1S/C20H25N3O/c1-4-16-13-23(14-17(16)5-2)20(24)18-10-15(3)11-19(12-18)22-8-6-21-7-9-22/h4-5,10-12,21H,1-2,6-9,13-14H2,3H3. The lowest BCUT2D eigenvalue weighted by Gasteiger charge is -2.30. The summed E-state index contributed by atoms with van der Waals surface area (Å²) in [4.78, 5) is 17.2. The van der Waals surface area contributed by atoms with E-state index in [0.717, 1.165) is 54.1 Å². The molecule has 0 unspecified atom stereocenters. The van der Waals surface area contributed by atoms with Crippen molar-refractivity contribution in [3.8, 4) is 0 Å². The second-order valence-electron chi connectivity index (χ2n) is 6.41. The van der Waals surface area contributed by atoms with Crippen molar-refractivity contribution in [1.82, 2.24) is 10.2 Å². The number of nitrogens with one attached hydrogen (secondary N) is 1. The Bertz CT molecular complexity index is 679. The summed E-state index contributed by atoms with van der Waals surface area (Å²) in [5, 5.41) is 3.36. The average Bonchev–Trinajstić information content (AvgIpc) is 3.04. The molecule has 0 saturated carbocycles. The van der Waals surface area contributed by atoms with Crippen molar-refractivity contribution in [3.63, 3.8) is 0 Å². The predicted molar refractivity (Wildman–Crippen MR) is 99.6 cm³/mol. The smallest absolute Gasteiger partial charge is 0.254 e. The van der Waals surface area contributed by atoms with E-state index in [2.05, 4.69) is 36.4 Å². The Labute approximate surface area is 144 Å². The van der Waals surface area contributed by atoms with Crippen molar-refractivity contribution in [2.24, 2.45) is 0 Å². The third-order valence-electron chi connectivity index (χ3n) is 4.71. The van der Waals surface area contributed by atoms with Crippen molar-refractivity contribution >= 4 is 11.6 Å². The normalized spacial score (nSPS) is 18.0. The molecule has 24 heavy (non-hydrogen) atoms. The average molecular weight is 323 g/mol. The molecular formula is C20H25N3O. The molecule has 0 aliphatic carbocycles. The fraction of sp³-hybridized carbons (Fsp3) is 0.350. The summed E-state index contributed by atoms with van der Waals surface area (Å²) >= 11 is 0. The number of carbonyl (C=O) groups excluding carboxylic acids is 1. The molecule has 4 heteroatoms. The van der Waals surface area contributed by atoms with Gasteiger partial charge in [-0.15, -0.1) is 0 Å². The largest absolute Gasteiger partial charge is 0.369 e. The Morgan fingerprint density at radius 1 is 1.08 bits per heavy atom. The van der Waals surface area contributed by atoms with Crippen LogP contribution >= 0.6 is 0 Å². The van der Waals surface area contributed by atoms with E-state index in [9.17, 15) is 4.79 Å². The second-order valence-corrected chi connectivity index (χ2v) is 6.41. The van der Waals surface area contributed by atoms with Crippen LogP contribution in [-0.4, -0.2) is 50.1 Å². The number of hydrogen-bond acceptors (Lipinski definition) is 3. The Morgan fingerprint density at radius 3 is 2.29 bits per heavy atom. The van der Waals surface area contributed by atoms with Crippen LogP contribution in [0.5, 0.6) is 0 Å². The van der Waals surface area contributed by atoms with E-state index in [1.165, 1.54) is 0 Å². The van der Waals surface area contributed by atoms with Crippen molar-refractivity contribution in [3.05, 3.63) is 65.8 Å². The van der Waals surface area contributed by atoms with E-state index in [-0.39, 0.29) is 5.91 Å². The lowest BCUT2D eigenvalue weighted by molar-refractivity contribution is 0.0797. The summed E-state index contributed by atoms with van der Waals surface area (Å²) in [6, 6.07) is 6.17. The molecule has 1 amide bonds. The number of nitrogens with zero attached hydrogens (tertiary/aromatic N) is 2. The van der Waals surface area contributed by atoms with Gasteiger partial charge in [0.2, 0.25) is 0 Å². The minimum Gasteiger partial charge on any atom is -0.369 e. The third-order valence-corrected chi connectivity index (χ3v) is 4.71. The Kier molecular flexibility index (Phi) is 4.86. The first kappa shape index (κ1) is 16.5. The molecule has 2 aliphatic rings. The van der Waals surface area contributed by atoms with E-state index in [1.54, 1.807) is 0 Å². The highest BCUT2D eigenvalue weighted by Crippen LogP contribution is 2.24. The maximum atomic E-state index is 13.0. The van der Waals surface area contributed by atoms with Gasteiger partial charge in [-0.1, -0.05) is 25.3 Å². The van der Waals surface area contributed by atoms with E-state index >= 15 is 0 Å². The maximum absolute atomic E-state index is 13.0. The molecule has 1 N–H and O–H groups in total. The van der Waals surface area contributed by atoms with Crippen molar-refractivity contribution < 1.29 is 4.79 Å². The van der Waals surface area contributed by atoms with Gasteiger partial charge in [-0.05, 0) is 41.8 Å². The second kappa shape index (κ2) is 7.05. The van der Waals surface area contributed by atoms with Crippen LogP contribution in [0.2, 0.25) is 0 Å². The summed E-state index contributed by atoms with van der Waals surface area (Å²) in [7, 11) is 0. The van der Waals surface area contributed by atoms with Crippen LogP contribution in [0.1, 0.15) is 15.9 Å². The minimum absolute atomic E-state index is 0.0753. The molecule has 1 aromatic rings. The van der Waals surface area contributed by atoms with Crippen LogP contribution in [0.15, 0.2) is 54.7 Å². The topological polar surface area (TPSA) is 35.6 Å². The number of amides is 1. The fourth-order valence-electron chi connectivity index (χ4n) is 3.38. The molecule has 0 spiro atoms. The zero-order chi connectivity index (χ0) is 17.1. The zero-order valence-corrected chi connectivity index (χ0v) is 14.3. The van der Waals surface area contributed by atoms with Gasteiger partial charge in [-0.25, -0.2) is 0 Å². The van der Waals surface area contributed by atoms with Gasteiger partial charge < -0.3 is 15.1 Å². The number of benzene rings is 1. The van der Waals surface area contributed by atoms with Crippen molar-refractivity contribution in [2.75, 3.05) is 44.2 Å². The molecule has 0 bridgehead atoms. The lowest BCUT2D eigenvalue weighted by Crippen LogP contribution is -2.43. The summed E-state index contributed by atoms with van der Waals surface area (Å²) in [5.74, 6) is 0.0753.